The minimum Gasteiger partial charge on any atom is -0.466 e. The molecule has 4 nitrogen and oxygen atoms in total. The summed E-state index contributed by atoms with van der Waals surface area (Å²) in [7, 11) is 0. The molecule has 0 atom stereocenters. The second kappa shape index (κ2) is 7.87. The van der Waals surface area contributed by atoms with Crippen LogP contribution in [0.2, 0.25) is 0 Å². The summed E-state index contributed by atoms with van der Waals surface area (Å²) in [6.07, 6.45) is 0.103. The highest BCUT2D eigenvalue weighted by atomic mass is 79.9. The molecule has 0 amide bonds. The van der Waals surface area contributed by atoms with Crippen LogP contribution in [0.15, 0.2) is 28.7 Å². The highest BCUT2D eigenvalue weighted by molar-refractivity contribution is 9.10. The van der Waals surface area contributed by atoms with Crippen LogP contribution >= 0.6 is 15.9 Å². The number of rotatable bonds is 6. The average Bonchev–Trinajstić information content (AvgIpc) is 2.36. The monoisotopic (exact) mass is 314 g/mol. The van der Waals surface area contributed by atoms with E-state index < -0.39 is 5.97 Å². The first-order chi connectivity index (χ1) is 8.63. The van der Waals surface area contributed by atoms with Crippen molar-refractivity contribution in [2.24, 2.45) is 0 Å². The lowest BCUT2D eigenvalue weighted by molar-refractivity contribution is -0.150. The number of hydrogen-bond acceptors (Lipinski definition) is 4. The quantitative estimate of drug-likeness (QED) is 0.758. The lowest BCUT2D eigenvalue weighted by Gasteiger charge is -2.06. The molecule has 0 bridgehead atoms. The van der Waals surface area contributed by atoms with Gasteiger partial charge in [0.25, 0.3) is 0 Å². The Balaban J connectivity index is 2.29. The average molecular weight is 315 g/mol. The van der Waals surface area contributed by atoms with Gasteiger partial charge in [0.15, 0.2) is 0 Å². The van der Waals surface area contributed by atoms with Crippen LogP contribution in [0.25, 0.3) is 0 Å². The SMILES string of the molecule is CCOC(=O)CCC(=O)OCc1ccccc1Br. The molecule has 5 heteroatoms. The largest absolute Gasteiger partial charge is 0.466 e. The van der Waals surface area contributed by atoms with Crippen LogP contribution in [0.5, 0.6) is 0 Å². The number of halogens is 1. The van der Waals surface area contributed by atoms with E-state index in [1.165, 1.54) is 0 Å². The molecule has 0 saturated heterocycles. The molecule has 0 saturated carbocycles. The lowest BCUT2D eigenvalue weighted by Crippen LogP contribution is -2.10. The molecule has 1 aromatic rings. The molecule has 18 heavy (non-hydrogen) atoms. The number of esters is 2. The van der Waals surface area contributed by atoms with Crippen LogP contribution in [0.1, 0.15) is 25.3 Å². The van der Waals surface area contributed by atoms with E-state index >= 15 is 0 Å². The molecule has 0 N–H and O–H groups in total. The molecule has 1 aromatic carbocycles. The number of carbonyl (C=O) groups is 2. The van der Waals surface area contributed by atoms with Crippen molar-refractivity contribution in [1.29, 1.82) is 0 Å². The first-order valence-electron chi connectivity index (χ1n) is 5.68. The maximum Gasteiger partial charge on any atom is 0.306 e. The fourth-order valence-corrected chi connectivity index (χ4v) is 1.68. The Morgan fingerprint density at radius 1 is 1.11 bits per heavy atom. The number of carbonyl (C=O) groups excluding carboxylic acids is 2. The van der Waals surface area contributed by atoms with Gasteiger partial charge in [-0.3, -0.25) is 9.59 Å². The Bertz CT molecular complexity index is 417. The fourth-order valence-electron chi connectivity index (χ4n) is 1.28. The van der Waals surface area contributed by atoms with E-state index in [0.717, 1.165) is 10.0 Å². The molecule has 1 rings (SSSR count). The zero-order chi connectivity index (χ0) is 13.4. The molecule has 0 heterocycles. The molecule has 0 fully saturated rings. The van der Waals surface area contributed by atoms with Gasteiger partial charge in [-0.05, 0) is 13.0 Å². The smallest absolute Gasteiger partial charge is 0.306 e. The molecule has 0 unspecified atom stereocenters. The Morgan fingerprint density at radius 3 is 2.33 bits per heavy atom. The van der Waals surface area contributed by atoms with E-state index in [-0.39, 0.29) is 25.4 Å². The summed E-state index contributed by atoms with van der Waals surface area (Å²) in [5, 5.41) is 0. The van der Waals surface area contributed by atoms with Gasteiger partial charge in [0.2, 0.25) is 0 Å². The standard InChI is InChI=1S/C13H15BrO4/c1-2-17-12(15)7-8-13(16)18-9-10-5-3-4-6-11(10)14/h3-6H,2,7-9H2,1H3. The minimum atomic E-state index is -0.404. The lowest BCUT2D eigenvalue weighted by atomic mass is 10.2. The third-order valence-electron chi connectivity index (χ3n) is 2.19. The second-order valence-corrected chi connectivity index (χ2v) is 4.41. The summed E-state index contributed by atoms with van der Waals surface area (Å²) in [6.45, 7) is 2.25. The van der Waals surface area contributed by atoms with E-state index in [1.54, 1.807) is 6.92 Å². The maximum absolute atomic E-state index is 11.4. The van der Waals surface area contributed by atoms with Gasteiger partial charge in [-0.1, -0.05) is 34.1 Å². The van der Waals surface area contributed by atoms with Crippen LogP contribution in [0, 0.1) is 0 Å². The van der Waals surface area contributed by atoms with Gasteiger partial charge in [-0.15, -0.1) is 0 Å². The topological polar surface area (TPSA) is 52.6 Å². The van der Waals surface area contributed by atoms with E-state index in [9.17, 15) is 9.59 Å². The predicted octanol–water partition coefficient (Wildman–Crippen LogP) is 2.84. The van der Waals surface area contributed by atoms with E-state index in [4.69, 9.17) is 9.47 Å². The van der Waals surface area contributed by atoms with Crippen molar-refractivity contribution in [2.45, 2.75) is 26.4 Å². The fraction of sp³-hybridized carbons (Fsp3) is 0.385. The van der Waals surface area contributed by atoms with Crippen molar-refractivity contribution in [3.8, 4) is 0 Å². The summed E-state index contributed by atoms with van der Waals surface area (Å²) >= 11 is 3.36. The Morgan fingerprint density at radius 2 is 1.72 bits per heavy atom. The summed E-state index contributed by atoms with van der Waals surface area (Å²) in [6, 6.07) is 7.49. The Kier molecular flexibility index (Phi) is 6.43. The van der Waals surface area contributed by atoms with Crippen molar-refractivity contribution < 1.29 is 19.1 Å². The van der Waals surface area contributed by atoms with Crippen LogP contribution < -0.4 is 0 Å². The number of benzene rings is 1. The molecule has 0 spiro atoms. The van der Waals surface area contributed by atoms with Gasteiger partial charge in [-0.25, -0.2) is 0 Å². The summed E-state index contributed by atoms with van der Waals surface area (Å²) in [5.41, 5.74) is 0.891. The van der Waals surface area contributed by atoms with Crippen LogP contribution in [-0.4, -0.2) is 18.5 Å². The zero-order valence-electron chi connectivity index (χ0n) is 10.1. The maximum atomic E-state index is 11.4. The van der Waals surface area contributed by atoms with Crippen molar-refractivity contribution >= 4 is 27.9 Å². The van der Waals surface area contributed by atoms with E-state index in [2.05, 4.69) is 15.9 Å². The highest BCUT2D eigenvalue weighted by Gasteiger charge is 2.09. The van der Waals surface area contributed by atoms with Gasteiger partial charge < -0.3 is 9.47 Å². The van der Waals surface area contributed by atoms with E-state index in [1.807, 2.05) is 24.3 Å². The van der Waals surface area contributed by atoms with Gasteiger partial charge in [0, 0.05) is 10.0 Å². The molecule has 0 radical (unpaired) electrons. The molecular formula is C13H15BrO4. The van der Waals surface area contributed by atoms with Crippen molar-refractivity contribution in [2.75, 3.05) is 6.61 Å². The first kappa shape index (κ1) is 14.7. The highest BCUT2D eigenvalue weighted by Crippen LogP contribution is 2.16. The molecular weight excluding hydrogens is 300 g/mol. The van der Waals surface area contributed by atoms with Crippen molar-refractivity contribution in [1.82, 2.24) is 0 Å². The molecule has 0 aromatic heterocycles. The molecule has 0 aliphatic carbocycles. The first-order valence-corrected chi connectivity index (χ1v) is 6.47. The van der Waals surface area contributed by atoms with Crippen LogP contribution in [0.3, 0.4) is 0 Å². The van der Waals surface area contributed by atoms with Crippen molar-refractivity contribution in [3.63, 3.8) is 0 Å². The molecule has 0 aliphatic rings. The molecule has 98 valence electrons. The number of ether oxygens (including phenoxy) is 2. The summed E-state index contributed by atoms with van der Waals surface area (Å²) in [4.78, 5) is 22.4. The Labute approximate surface area is 114 Å². The van der Waals surface area contributed by atoms with Gasteiger partial charge in [0.05, 0.1) is 19.4 Å². The van der Waals surface area contributed by atoms with Gasteiger partial charge in [-0.2, -0.15) is 0 Å². The second-order valence-electron chi connectivity index (χ2n) is 3.56. The molecule has 0 aliphatic heterocycles. The zero-order valence-corrected chi connectivity index (χ0v) is 11.7. The van der Waals surface area contributed by atoms with Crippen LogP contribution in [0.4, 0.5) is 0 Å². The Hall–Kier alpha value is -1.36. The van der Waals surface area contributed by atoms with Gasteiger partial charge >= 0.3 is 11.9 Å². The number of hydrogen-bond donors (Lipinski definition) is 0. The van der Waals surface area contributed by atoms with Gasteiger partial charge in [0.1, 0.15) is 6.61 Å². The summed E-state index contributed by atoms with van der Waals surface area (Å²) < 4.78 is 10.7. The third kappa shape index (κ3) is 5.31. The third-order valence-corrected chi connectivity index (χ3v) is 2.96. The summed E-state index contributed by atoms with van der Waals surface area (Å²) in [5.74, 6) is -0.783. The van der Waals surface area contributed by atoms with Crippen LogP contribution in [-0.2, 0) is 25.7 Å². The van der Waals surface area contributed by atoms with Crippen molar-refractivity contribution in [3.05, 3.63) is 34.3 Å². The normalized spacial score (nSPS) is 9.89. The van der Waals surface area contributed by atoms with E-state index in [0.29, 0.717) is 6.61 Å². The minimum absolute atomic E-state index is 0.0449. The predicted molar refractivity (Wildman–Crippen MR) is 69.8 cm³/mol.